The van der Waals surface area contributed by atoms with Gasteiger partial charge in [-0.1, -0.05) is 48.0 Å². The minimum Gasteiger partial charge on any atom is -0.457 e. The number of nitrogens with zero attached hydrogens (tertiary/aromatic N) is 1. The monoisotopic (exact) mass is 337 g/mol. The van der Waals surface area contributed by atoms with Crippen LogP contribution < -0.4 is 4.90 Å². The second-order valence-electron chi connectivity index (χ2n) is 6.14. The van der Waals surface area contributed by atoms with Crippen molar-refractivity contribution in [1.82, 2.24) is 0 Å². The molecule has 3 rings (SSSR count). The van der Waals surface area contributed by atoms with E-state index in [1.807, 2.05) is 37.3 Å². The summed E-state index contributed by atoms with van der Waals surface area (Å²) in [5.41, 5.74) is 2.37. The maximum Gasteiger partial charge on any atom is 0.311 e. The van der Waals surface area contributed by atoms with E-state index in [0.29, 0.717) is 5.56 Å². The molecule has 1 aliphatic heterocycles. The molecule has 0 aliphatic carbocycles. The van der Waals surface area contributed by atoms with Crippen molar-refractivity contribution < 1.29 is 19.1 Å². The molecule has 1 heterocycles. The Kier molecular flexibility index (Phi) is 4.93. The fourth-order valence-electron chi connectivity index (χ4n) is 2.80. The molecule has 0 radical (unpaired) electrons. The lowest BCUT2D eigenvalue weighted by molar-refractivity contribution is -0.147. The van der Waals surface area contributed by atoms with Crippen LogP contribution >= 0.6 is 0 Å². The first-order chi connectivity index (χ1) is 12.0. The summed E-state index contributed by atoms with van der Waals surface area (Å²) >= 11 is 0. The molecule has 25 heavy (non-hydrogen) atoms. The Morgan fingerprint density at radius 2 is 1.76 bits per heavy atom. The molecular formula is C20H19NO4. The first-order valence-corrected chi connectivity index (χ1v) is 8.16. The summed E-state index contributed by atoms with van der Waals surface area (Å²) in [7, 11) is 0. The molecule has 128 valence electrons. The number of hydrogen-bond donors (Lipinski definition) is 0. The van der Waals surface area contributed by atoms with E-state index in [9.17, 15) is 14.4 Å². The van der Waals surface area contributed by atoms with Crippen LogP contribution in [0.1, 0.15) is 22.3 Å². The number of rotatable bonds is 5. The van der Waals surface area contributed by atoms with Gasteiger partial charge in [0.2, 0.25) is 5.91 Å². The van der Waals surface area contributed by atoms with Crippen LogP contribution in [-0.2, 0) is 14.3 Å². The predicted molar refractivity (Wildman–Crippen MR) is 93.4 cm³/mol. The Morgan fingerprint density at radius 1 is 1.08 bits per heavy atom. The number of carbonyl (C=O) groups is 3. The van der Waals surface area contributed by atoms with Crippen molar-refractivity contribution in [2.75, 3.05) is 18.1 Å². The number of amides is 1. The lowest BCUT2D eigenvalue weighted by Gasteiger charge is -2.16. The van der Waals surface area contributed by atoms with Gasteiger partial charge in [0.15, 0.2) is 12.4 Å². The number of Topliss-reactive ketones (excluding diaryl/α,β-unsaturated/α-hetero) is 1. The molecule has 1 amide bonds. The quantitative estimate of drug-likeness (QED) is 0.622. The van der Waals surface area contributed by atoms with E-state index in [0.717, 1.165) is 11.3 Å². The van der Waals surface area contributed by atoms with Gasteiger partial charge in [0.25, 0.3) is 0 Å². The van der Waals surface area contributed by atoms with E-state index in [-0.39, 0.29) is 31.3 Å². The van der Waals surface area contributed by atoms with Gasteiger partial charge in [-0.2, -0.15) is 0 Å². The van der Waals surface area contributed by atoms with Crippen LogP contribution in [0.3, 0.4) is 0 Å². The third-order valence-electron chi connectivity index (χ3n) is 4.25. The third kappa shape index (κ3) is 3.94. The molecule has 2 aromatic rings. The van der Waals surface area contributed by atoms with E-state index < -0.39 is 11.9 Å². The number of benzene rings is 2. The number of anilines is 1. The average Bonchev–Trinajstić information content (AvgIpc) is 3.02. The van der Waals surface area contributed by atoms with Crippen LogP contribution in [0.4, 0.5) is 5.69 Å². The largest absolute Gasteiger partial charge is 0.457 e. The van der Waals surface area contributed by atoms with Gasteiger partial charge >= 0.3 is 5.97 Å². The Labute approximate surface area is 146 Å². The fraction of sp³-hybridized carbons (Fsp3) is 0.250. The van der Waals surface area contributed by atoms with Gasteiger partial charge in [-0.3, -0.25) is 14.4 Å². The molecule has 1 aliphatic rings. The Hall–Kier alpha value is -2.95. The van der Waals surface area contributed by atoms with Gasteiger partial charge in [0.05, 0.1) is 5.92 Å². The number of ether oxygens (including phenoxy) is 1. The zero-order valence-electron chi connectivity index (χ0n) is 14.0. The molecule has 0 bridgehead atoms. The minimum atomic E-state index is -0.544. The van der Waals surface area contributed by atoms with Gasteiger partial charge in [-0.25, -0.2) is 0 Å². The van der Waals surface area contributed by atoms with Crippen LogP contribution in [0.2, 0.25) is 0 Å². The molecule has 5 nitrogen and oxygen atoms in total. The van der Waals surface area contributed by atoms with E-state index in [1.165, 1.54) is 0 Å². The highest BCUT2D eigenvalue weighted by atomic mass is 16.5. The third-order valence-corrected chi connectivity index (χ3v) is 4.25. The second-order valence-corrected chi connectivity index (χ2v) is 6.14. The minimum absolute atomic E-state index is 0.103. The number of ketones is 1. The average molecular weight is 337 g/mol. The fourth-order valence-corrected chi connectivity index (χ4v) is 2.80. The van der Waals surface area contributed by atoms with Crippen LogP contribution in [0, 0.1) is 12.8 Å². The highest BCUT2D eigenvalue weighted by Gasteiger charge is 2.36. The standard InChI is InChI=1S/C20H19NO4/c1-14-7-9-17(10-8-14)21-12-16(11-19(21)23)20(24)25-13-18(22)15-5-3-2-4-6-15/h2-10,16H,11-13H2,1H3. The predicted octanol–water partition coefficient (Wildman–Crippen LogP) is 2.77. The summed E-state index contributed by atoms with van der Waals surface area (Å²) in [5.74, 6) is -1.42. The Bertz CT molecular complexity index is 783. The summed E-state index contributed by atoms with van der Waals surface area (Å²) in [6.07, 6.45) is 0.103. The van der Waals surface area contributed by atoms with Crippen molar-refractivity contribution in [3.63, 3.8) is 0 Å². The number of carbonyl (C=O) groups excluding carboxylic acids is 3. The number of aryl methyl sites for hydroxylation is 1. The van der Waals surface area contributed by atoms with Crippen molar-refractivity contribution in [2.45, 2.75) is 13.3 Å². The number of esters is 1. The van der Waals surface area contributed by atoms with Crippen LogP contribution in [-0.4, -0.2) is 30.8 Å². The first kappa shape index (κ1) is 16.9. The van der Waals surface area contributed by atoms with Gasteiger partial charge in [0.1, 0.15) is 0 Å². The van der Waals surface area contributed by atoms with Crippen molar-refractivity contribution in [3.8, 4) is 0 Å². The summed E-state index contributed by atoms with van der Waals surface area (Å²) in [4.78, 5) is 38.0. The summed E-state index contributed by atoms with van der Waals surface area (Å²) in [6.45, 7) is 1.94. The summed E-state index contributed by atoms with van der Waals surface area (Å²) < 4.78 is 5.13. The lowest BCUT2D eigenvalue weighted by Crippen LogP contribution is -2.27. The van der Waals surface area contributed by atoms with Crippen molar-refractivity contribution >= 4 is 23.3 Å². The normalized spacial score (nSPS) is 16.8. The molecule has 0 aromatic heterocycles. The molecule has 1 fully saturated rings. The lowest BCUT2D eigenvalue weighted by atomic mass is 10.1. The molecule has 0 saturated carbocycles. The van der Waals surface area contributed by atoms with E-state index in [1.54, 1.807) is 29.2 Å². The van der Waals surface area contributed by atoms with E-state index in [4.69, 9.17) is 4.74 Å². The molecule has 1 atom stereocenters. The Balaban J connectivity index is 1.57. The zero-order chi connectivity index (χ0) is 17.8. The maximum atomic E-state index is 12.2. The van der Waals surface area contributed by atoms with Crippen LogP contribution in [0.15, 0.2) is 54.6 Å². The maximum absolute atomic E-state index is 12.2. The van der Waals surface area contributed by atoms with Crippen molar-refractivity contribution in [2.24, 2.45) is 5.92 Å². The smallest absolute Gasteiger partial charge is 0.311 e. The van der Waals surface area contributed by atoms with E-state index in [2.05, 4.69) is 0 Å². The molecule has 2 aromatic carbocycles. The van der Waals surface area contributed by atoms with Gasteiger partial charge in [0, 0.05) is 24.2 Å². The van der Waals surface area contributed by atoms with Gasteiger partial charge < -0.3 is 9.64 Å². The molecule has 0 N–H and O–H groups in total. The molecule has 0 spiro atoms. The van der Waals surface area contributed by atoms with E-state index >= 15 is 0 Å². The van der Waals surface area contributed by atoms with Gasteiger partial charge in [-0.15, -0.1) is 0 Å². The van der Waals surface area contributed by atoms with Gasteiger partial charge in [-0.05, 0) is 19.1 Å². The number of hydrogen-bond acceptors (Lipinski definition) is 4. The first-order valence-electron chi connectivity index (χ1n) is 8.16. The molecule has 1 saturated heterocycles. The molecule has 5 heteroatoms. The Morgan fingerprint density at radius 3 is 2.44 bits per heavy atom. The SMILES string of the molecule is Cc1ccc(N2CC(C(=O)OCC(=O)c3ccccc3)CC2=O)cc1. The summed E-state index contributed by atoms with van der Waals surface area (Å²) in [6, 6.07) is 16.2. The highest BCUT2D eigenvalue weighted by Crippen LogP contribution is 2.26. The second kappa shape index (κ2) is 7.30. The van der Waals surface area contributed by atoms with Crippen LogP contribution in [0.5, 0.6) is 0 Å². The summed E-state index contributed by atoms with van der Waals surface area (Å²) in [5, 5.41) is 0. The zero-order valence-corrected chi connectivity index (χ0v) is 14.0. The molecule has 1 unspecified atom stereocenters. The highest BCUT2D eigenvalue weighted by molar-refractivity contribution is 6.01. The van der Waals surface area contributed by atoms with Crippen LogP contribution in [0.25, 0.3) is 0 Å². The molecular weight excluding hydrogens is 318 g/mol. The topological polar surface area (TPSA) is 63.7 Å². The van der Waals surface area contributed by atoms with Crippen molar-refractivity contribution in [3.05, 3.63) is 65.7 Å². The van der Waals surface area contributed by atoms with Crippen molar-refractivity contribution in [1.29, 1.82) is 0 Å².